The van der Waals surface area contributed by atoms with Crippen LogP contribution >= 0.6 is 0 Å². The summed E-state index contributed by atoms with van der Waals surface area (Å²) in [6.07, 6.45) is -0.109. The molecule has 0 aromatic heterocycles. The molecule has 184 valence electrons. The minimum atomic E-state index is -0.780. The van der Waals surface area contributed by atoms with Crippen molar-refractivity contribution in [1.82, 2.24) is 10.2 Å². The number of benzene rings is 3. The lowest BCUT2D eigenvalue weighted by atomic mass is 9.99. The van der Waals surface area contributed by atoms with E-state index < -0.39 is 23.6 Å². The Hall–Kier alpha value is -4.11. The van der Waals surface area contributed by atoms with E-state index in [1.54, 1.807) is 23.1 Å². The van der Waals surface area contributed by atoms with Gasteiger partial charge in [0.1, 0.15) is 11.6 Å². The average molecular weight is 491 g/mol. The number of halogens is 2. The largest absolute Gasteiger partial charge is 0.336 e. The SMILES string of the molecule is O=C1CC(c2ccc(F)cc2)N(C(=O)c2cccc(F)c2)c2ccc(C(=O)N3CCNCC3)cc2N1. The van der Waals surface area contributed by atoms with Crippen LogP contribution in [-0.4, -0.2) is 48.8 Å². The van der Waals surface area contributed by atoms with Crippen LogP contribution < -0.4 is 15.5 Å². The van der Waals surface area contributed by atoms with Gasteiger partial charge in [0, 0.05) is 37.3 Å². The topological polar surface area (TPSA) is 81.8 Å². The van der Waals surface area contributed by atoms with E-state index in [-0.39, 0.29) is 23.8 Å². The summed E-state index contributed by atoms with van der Waals surface area (Å²) >= 11 is 0. The van der Waals surface area contributed by atoms with E-state index in [2.05, 4.69) is 10.6 Å². The summed E-state index contributed by atoms with van der Waals surface area (Å²) in [5.74, 6) is -2.08. The quantitative estimate of drug-likeness (QED) is 0.586. The maximum Gasteiger partial charge on any atom is 0.259 e. The van der Waals surface area contributed by atoms with Gasteiger partial charge in [0.25, 0.3) is 11.8 Å². The predicted molar refractivity (Wildman–Crippen MR) is 131 cm³/mol. The Morgan fingerprint density at radius 1 is 0.833 bits per heavy atom. The van der Waals surface area contributed by atoms with Crippen LogP contribution in [0.5, 0.6) is 0 Å². The molecule has 1 unspecified atom stereocenters. The Morgan fingerprint density at radius 3 is 2.28 bits per heavy atom. The van der Waals surface area contributed by atoms with Crippen molar-refractivity contribution >= 4 is 29.1 Å². The third-order valence-electron chi connectivity index (χ3n) is 6.42. The highest BCUT2D eigenvalue weighted by molar-refractivity contribution is 6.12. The number of hydrogen-bond acceptors (Lipinski definition) is 4. The summed E-state index contributed by atoms with van der Waals surface area (Å²) in [5, 5.41) is 6.02. The highest BCUT2D eigenvalue weighted by Gasteiger charge is 2.35. The van der Waals surface area contributed by atoms with Crippen molar-refractivity contribution < 1.29 is 23.2 Å². The zero-order valence-electron chi connectivity index (χ0n) is 19.3. The minimum absolute atomic E-state index is 0.100. The van der Waals surface area contributed by atoms with E-state index >= 15 is 0 Å². The number of carbonyl (C=O) groups is 3. The van der Waals surface area contributed by atoms with Gasteiger partial charge in [-0.3, -0.25) is 19.3 Å². The van der Waals surface area contributed by atoms with Crippen LogP contribution in [0.25, 0.3) is 0 Å². The number of piperazine rings is 1. The first-order valence-electron chi connectivity index (χ1n) is 11.7. The van der Waals surface area contributed by atoms with Gasteiger partial charge >= 0.3 is 0 Å². The molecule has 0 spiro atoms. The molecule has 1 saturated heterocycles. The molecule has 0 radical (unpaired) electrons. The van der Waals surface area contributed by atoms with Crippen LogP contribution in [0.15, 0.2) is 66.7 Å². The van der Waals surface area contributed by atoms with Crippen molar-refractivity contribution in [3.8, 4) is 0 Å². The number of hydrogen-bond donors (Lipinski definition) is 2. The first kappa shape index (κ1) is 23.6. The summed E-state index contributed by atoms with van der Waals surface area (Å²) in [6.45, 7) is 2.53. The fraction of sp³-hybridized carbons (Fsp3) is 0.222. The van der Waals surface area contributed by atoms with E-state index in [0.29, 0.717) is 48.7 Å². The Morgan fingerprint density at radius 2 is 1.56 bits per heavy atom. The van der Waals surface area contributed by atoms with Crippen molar-refractivity contribution in [3.63, 3.8) is 0 Å². The molecular formula is C27H24F2N4O3. The van der Waals surface area contributed by atoms with Crippen LogP contribution in [0.3, 0.4) is 0 Å². The number of carbonyl (C=O) groups excluding carboxylic acids is 3. The van der Waals surface area contributed by atoms with Crippen molar-refractivity contribution in [2.24, 2.45) is 0 Å². The van der Waals surface area contributed by atoms with E-state index in [1.165, 1.54) is 47.4 Å². The van der Waals surface area contributed by atoms with Crippen LogP contribution in [0, 0.1) is 11.6 Å². The molecule has 0 saturated carbocycles. The Bertz CT molecular complexity index is 1320. The Labute approximate surface area is 206 Å². The van der Waals surface area contributed by atoms with E-state index in [4.69, 9.17) is 0 Å². The van der Waals surface area contributed by atoms with Gasteiger partial charge in [0.05, 0.1) is 23.8 Å². The summed E-state index contributed by atoms with van der Waals surface area (Å²) in [6, 6.07) is 14.9. The molecule has 2 aliphatic heterocycles. The Kier molecular flexibility index (Phi) is 6.47. The number of rotatable bonds is 3. The molecule has 2 aliphatic rings. The summed E-state index contributed by atoms with van der Waals surface area (Å²) in [7, 11) is 0. The third kappa shape index (κ3) is 4.70. The highest BCUT2D eigenvalue weighted by Crippen LogP contribution is 2.40. The standard InChI is InChI=1S/C27H24F2N4O3/c28-20-7-4-17(5-8-20)24-16-25(34)31-22-15-19(26(35)32-12-10-30-11-13-32)6-9-23(22)33(24)27(36)18-2-1-3-21(29)14-18/h1-9,14-15,24,30H,10-13,16H2,(H,31,34). The maximum atomic E-state index is 14.0. The van der Waals surface area contributed by atoms with Crippen LogP contribution in [0.1, 0.15) is 38.7 Å². The number of fused-ring (bicyclic) bond motifs is 1. The monoisotopic (exact) mass is 490 g/mol. The van der Waals surface area contributed by atoms with Crippen molar-refractivity contribution in [2.75, 3.05) is 36.4 Å². The molecule has 0 aliphatic carbocycles. The number of anilines is 2. The molecule has 1 fully saturated rings. The van der Waals surface area contributed by atoms with Gasteiger partial charge in [-0.1, -0.05) is 18.2 Å². The van der Waals surface area contributed by atoms with Crippen molar-refractivity contribution in [3.05, 3.63) is 95.1 Å². The van der Waals surface area contributed by atoms with Crippen LogP contribution in [0.4, 0.5) is 20.2 Å². The van der Waals surface area contributed by atoms with Crippen LogP contribution in [0.2, 0.25) is 0 Å². The van der Waals surface area contributed by atoms with Gasteiger partial charge in [-0.25, -0.2) is 8.78 Å². The molecule has 5 rings (SSSR count). The minimum Gasteiger partial charge on any atom is -0.336 e. The lowest BCUT2D eigenvalue weighted by Crippen LogP contribution is -2.46. The first-order chi connectivity index (χ1) is 17.4. The number of nitrogens with one attached hydrogen (secondary N) is 2. The fourth-order valence-corrected chi connectivity index (χ4v) is 4.63. The lowest BCUT2D eigenvalue weighted by Gasteiger charge is -2.31. The van der Waals surface area contributed by atoms with Crippen molar-refractivity contribution in [1.29, 1.82) is 0 Å². The lowest BCUT2D eigenvalue weighted by molar-refractivity contribution is -0.116. The van der Waals surface area contributed by atoms with Gasteiger partial charge in [0.2, 0.25) is 5.91 Å². The molecule has 2 heterocycles. The van der Waals surface area contributed by atoms with Gasteiger partial charge in [-0.15, -0.1) is 0 Å². The van der Waals surface area contributed by atoms with Gasteiger partial charge < -0.3 is 15.5 Å². The average Bonchev–Trinajstić information content (AvgIpc) is 3.04. The van der Waals surface area contributed by atoms with Gasteiger partial charge in [-0.2, -0.15) is 0 Å². The molecule has 1 atom stereocenters. The number of amides is 3. The summed E-state index contributed by atoms with van der Waals surface area (Å²) < 4.78 is 27.6. The maximum absolute atomic E-state index is 14.0. The normalized spacial score (nSPS) is 17.7. The van der Waals surface area contributed by atoms with Crippen LogP contribution in [-0.2, 0) is 4.79 Å². The second-order valence-corrected chi connectivity index (χ2v) is 8.78. The van der Waals surface area contributed by atoms with Crippen molar-refractivity contribution in [2.45, 2.75) is 12.5 Å². The molecule has 3 aromatic rings. The highest BCUT2D eigenvalue weighted by atomic mass is 19.1. The first-order valence-corrected chi connectivity index (χ1v) is 11.7. The summed E-state index contributed by atoms with van der Waals surface area (Å²) in [5.41, 5.74) is 1.69. The fourth-order valence-electron chi connectivity index (χ4n) is 4.63. The molecule has 2 N–H and O–H groups in total. The van der Waals surface area contributed by atoms with E-state index in [9.17, 15) is 23.2 Å². The molecule has 3 aromatic carbocycles. The third-order valence-corrected chi connectivity index (χ3v) is 6.42. The van der Waals surface area contributed by atoms with E-state index in [1.807, 2.05) is 0 Å². The Balaban J connectivity index is 1.60. The molecule has 3 amide bonds. The molecule has 0 bridgehead atoms. The second-order valence-electron chi connectivity index (χ2n) is 8.78. The molecule has 9 heteroatoms. The van der Waals surface area contributed by atoms with E-state index in [0.717, 1.165) is 6.07 Å². The predicted octanol–water partition coefficient (Wildman–Crippen LogP) is 3.74. The van der Waals surface area contributed by atoms with Gasteiger partial charge in [-0.05, 0) is 54.1 Å². The zero-order valence-corrected chi connectivity index (χ0v) is 19.3. The molecular weight excluding hydrogens is 466 g/mol. The second kappa shape index (κ2) is 9.87. The summed E-state index contributed by atoms with van der Waals surface area (Å²) in [4.78, 5) is 42.9. The molecule has 7 nitrogen and oxygen atoms in total. The van der Waals surface area contributed by atoms with Gasteiger partial charge in [0.15, 0.2) is 0 Å². The smallest absolute Gasteiger partial charge is 0.259 e. The number of nitrogens with zero attached hydrogens (tertiary/aromatic N) is 2. The molecule has 36 heavy (non-hydrogen) atoms. The zero-order chi connectivity index (χ0) is 25.2.